The number of rotatable bonds is 4. The molecule has 6 heteroatoms. The van der Waals surface area contributed by atoms with E-state index < -0.39 is 0 Å². The number of nitrogens with one attached hydrogen (secondary N) is 1. The van der Waals surface area contributed by atoms with Gasteiger partial charge in [0.05, 0.1) is 13.2 Å². The molecule has 0 aliphatic rings. The maximum Gasteiger partial charge on any atom is 0.254 e. The quantitative estimate of drug-likeness (QED) is 0.855. The zero-order chi connectivity index (χ0) is 13.8. The van der Waals surface area contributed by atoms with Crippen molar-refractivity contribution < 1.29 is 9.90 Å². The van der Waals surface area contributed by atoms with Crippen molar-refractivity contribution in [2.45, 2.75) is 20.1 Å². The van der Waals surface area contributed by atoms with Gasteiger partial charge in [0.25, 0.3) is 5.91 Å². The number of carbonyl (C=O) groups is 1. The van der Waals surface area contributed by atoms with Gasteiger partial charge >= 0.3 is 0 Å². The third-order valence-electron chi connectivity index (χ3n) is 2.75. The molecule has 0 fully saturated rings. The second kappa shape index (κ2) is 5.62. The first-order valence-corrected chi connectivity index (χ1v) is 5.93. The molecule has 1 aromatic carbocycles. The van der Waals surface area contributed by atoms with Crippen LogP contribution < -0.4 is 0 Å². The Morgan fingerprint density at radius 3 is 2.58 bits per heavy atom. The van der Waals surface area contributed by atoms with Gasteiger partial charge in [-0.2, -0.15) is 5.10 Å². The van der Waals surface area contributed by atoms with Gasteiger partial charge < -0.3 is 10.0 Å². The fourth-order valence-electron chi connectivity index (χ4n) is 1.72. The molecule has 19 heavy (non-hydrogen) atoms. The second-order valence-corrected chi connectivity index (χ2v) is 4.35. The molecule has 0 radical (unpaired) electrons. The Labute approximate surface area is 111 Å². The van der Waals surface area contributed by atoms with Crippen LogP contribution in [-0.4, -0.2) is 38.1 Å². The number of hydrogen-bond donors (Lipinski definition) is 2. The van der Waals surface area contributed by atoms with E-state index >= 15 is 0 Å². The summed E-state index contributed by atoms with van der Waals surface area (Å²) in [6.07, 6.45) is 0. The highest BCUT2D eigenvalue weighted by atomic mass is 16.3. The first-order valence-electron chi connectivity index (χ1n) is 5.93. The van der Waals surface area contributed by atoms with E-state index in [-0.39, 0.29) is 12.5 Å². The van der Waals surface area contributed by atoms with Crippen molar-refractivity contribution >= 4 is 5.91 Å². The van der Waals surface area contributed by atoms with E-state index in [1.165, 1.54) is 0 Å². The molecule has 0 unspecified atom stereocenters. The molecule has 1 heterocycles. The van der Waals surface area contributed by atoms with E-state index in [4.69, 9.17) is 5.11 Å². The van der Waals surface area contributed by atoms with E-state index in [1.807, 2.05) is 6.92 Å². The molecular weight excluding hydrogens is 244 g/mol. The predicted octanol–water partition coefficient (Wildman–Crippen LogP) is 0.878. The largest absolute Gasteiger partial charge is 0.392 e. The van der Waals surface area contributed by atoms with E-state index in [1.54, 1.807) is 36.2 Å². The van der Waals surface area contributed by atoms with Gasteiger partial charge in [0.2, 0.25) is 0 Å². The zero-order valence-corrected chi connectivity index (χ0v) is 10.9. The minimum atomic E-state index is -0.105. The molecule has 0 saturated heterocycles. The van der Waals surface area contributed by atoms with Crippen molar-refractivity contribution in [3.8, 4) is 0 Å². The van der Waals surface area contributed by atoms with Crippen LogP contribution in [0.4, 0.5) is 0 Å². The minimum absolute atomic E-state index is 0.0270. The van der Waals surface area contributed by atoms with Gasteiger partial charge in [-0.15, -0.1) is 0 Å². The number of benzene rings is 1. The van der Waals surface area contributed by atoms with Crippen molar-refractivity contribution in [1.29, 1.82) is 0 Å². The van der Waals surface area contributed by atoms with Gasteiger partial charge in [-0.25, -0.2) is 4.98 Å². The van der Waals surface area contributed by atoms with Crippen molar-refractivity contribution in [3.05, 3.63) is 47.0 Å². The third kappa shape index (κ3) is 3.17. The first-order chi connectivity index (χ1) is 9.10. The zero-order valence-electron chi connectivity index (χ0n) is 10.9. The average molecular weight is 260 g/mol. The Kier molecular flexibility index (Phi) is 3.91. The summed E-state index contributed by atoms with van der Waals surface area (Å²) >= 11 is 0. The fraction of sp³-hybridized carbons (Fsp3) is 0.308. The lowest BCUT2D eigenvalue weighted by atomic mass is 10.1. The van der Waals surface area contributed by atoms with Crippen LogP contribution in [0.3, 0.4) is 0 Å². The van der Waals surface area contributed by atoms with Crippen LogP contribution in [0.5, 0.6) is 0 Å². The molecular formula is C13H16N4O2. The number of H-pyrrole nitrogens is 1. The Hall–Kier alpha value is -2.21. The number of aromatic amines is 1. The van der Waals surface area contributed by atoms with Gasteiger partial charge in [0.15, 0.2) is 5.82 Å². The van der Waals surface area contributed by atoms with Crippen LogP contribution in [0.25, 0.3) is 0 Å². The highest BCUT2D eigenvalue weighted by molar-refractivity contribution is 5.94. The van der Waals surface area contributed by atoms with Gasteiger partial charge in [0.1, 0.15) is 5.82 Å². The summed E-state index contributed by atoms with van der Waals surface area (Å²) in [7, 11) is 1.70. The van der Waals surface area contributed by atoms with Crippen molar-refractivity contribution in [2.24, 2.45) is 0 Å². The molecule has 1 aromatic heterocycles. The molecule has 2 aromatic rings. The molecule has 0 atom stereocenters. The van der Waals surface area contributed by atoms with Gasteiger partial charge in [-0.3, -0.25) is 9.89 Å². The second-order valence-electron chi connectivity index (χ2n) is 4.35. The summed E-state index contributed by atoms with van der Waals surface area (Å²) in [5, 5.41) is 15.7. The van der Waals surface area contributed by atoms with Crippen LogP contribution >= 0.6 is 0 Å². The summed E-state index contributed by atoms with van der Waals surface area (Å²) in [5.41, 5.74) is 1.36. The molecule has 0 bridgehead atoms. The maximum atomic E-state index is 12.2. The summed E-state index contributed by atoms with van der Waals surface area (Å²) < 4.78 is 0. The predicted molar refractivity (Wildman–Crippen MR) is 69.3 cm³/mol. The summed E-state index contributed by atoms with van der Waals surface area (Å²) in [6, 6.07) is 6.87. The number of nitrogens with zero attached hydrogens (tertiary/aromatic N) is 3. The van der Waals surface area contributed by atoms with Crippen molar-refractivity contribution in [1.82, 2.24) is 20.1 Å². The standard InChI is InChI=1S/C13H16N4O2/c1-9-14-12(16-15-9)7-17(2)13(19)11-5-3-10(8-18)4-6-11/h3-6,18H,7-8H2,1-2H3,(H,14,15,16). The topological polar surface area (TPSA) is 82.1 Å². The summed E-state index contributed by atoms with van der Waals surface area (Å²) in [6.45, 7) is 2.14. The Balaban J connectivity index is 2.05. The lowest BCUT2D eigenvalue weighted by Crippen LogP contribution is -2.26. The Morgan fingerprint density at radius 1 is 1.37 bits per heavy atom. The van der Waals surface area contributed by atoms with E-state index in [0.29, 0.717) is 17.9 Å². The summed E-state index contributed by atoms with van der Waals surface area (Å²) in [5.74, 6) is 1.20. The molecule has 6 nitrogen and oxygen atoms in total. The van der Waals surface area contributed by atoms with Crippen LogP contribution in [0.2, 0.25) is 0 Å². The molecule has 0 spiro atoms. The highest BCUT2D eigenvalue weighted by Crippen LogP contribution is 2.08. The molecule has 2 rings (SSSR count). The fourth-order valence-corrected chi connectivity index (χ4v) is 1.72. The lowest BCUT2D eigenvalue weighted by molar-refractivity contribution is 0.0781. The Bertz CT molecular complexity index is 562. The molecule has 100 valence electrons. The highest BCUT2D eigenvalue weighted by Gasteiger charge is 2.13. The Morgan fingerprint density at radius 2 is 2.05 bits per heavy atom. The number of aryl methyl sites for hydroxylation is 1. The van der Waals surface area contributed by atoms with Crippen LogP contribution in [0.1, 0.15) is 27.6 Å². The number of aliphatic hydroxyl groups is 1. The van der Waals surface area contributed by atoms with Gasteiger partial charge in [-0.1, -0.05) is 12.1 Å². The molecule has 0 aliphatic carbocycles. The lowest BCUT2D eigenvalue weighted by Gasteiger charge is -2.15. The smallest absolute Gasteiger partial charge is 0.254 e. The molecule has 2 N–H and O–H groups in total. The van der Waals surface area contributed by atoms with Crippen LogP contribution in [0.15, 0.2) is 24.3 Å². The number of hydrogen-bond acceptors (Lipinski definition) is 4. The molecule has 1 amide bonds. The first kappa shape index (κ1) is 13.2. The van der Waals surface area contributed by atoms with Crippen LogP contribution in [0, 0.1) is 6.92 Å². The van der Waals surface area contributed by atoms with Crippen molar-refractivity contribution in [2.75, 3.05) is 7.05 Å². The van der Waals surface area contributed by atoms with Crippen LogP contribution in [-0.2, 0) is 13.2 Å². The van der Waals surface area contributed by atoms with E-state index in [2.05, 4.69) is 15.2 Å². The van der Waals surface area contributed by atoms with E-state index in [0.717, 1.165) is 11.4 Å². The molecule has 0 aliphatic heterocycles. The summed E-state index contributed by atoms with van der Waals surface area (Å²) in [4.78, 5) is 17.9. The number of carbonyl (C=O) groups excluding carboxylic acids is 1. The van der Waals surface area contributed by atoms with Gasteiger partial charge in [-0.05, 0) is 24.6 Å². The average Bonchev–Trinajstić information content (AvgIpc) is 2.83. The number of aromatic nitrogens is 3. The SMILES string of the molecule is Cc1nc(CN(C)C(=O)c2ccc(CO)cc2)n[nH]1. The van der Waals surface area contributed by atoms with Gasteiger partial charge in [0, 0.05) is 12.6 Å². The van der Waals surface area contributed by atoms with E-state index in [9.17, 15) is 4.79 Å². The number of aliphatic hydroxyl groups excluding tert-OH is 1. The minimum Gasteiger partial charge on any atom is -0.392 e. The monoisotopic (exact) mass is 260 g/mol. The maximum absolute atomic E-state index is 12.2. The van der Waals surface area contributed by atoms with Crippen molar-refractivity contribution in [3.63, 3.8) is 0 Å². The normalized spacial score (nSPS) is 10.5. The third-order valence-corrected chi connectivity index (χ3v) is 2.75. The number of amides is 1. The molecule has 0 saturated carbocycles.